The molecule has 4 aromatic rings. The Kier molecular flexibility index (Phi) is 11.4. The van der Waals surface area contributed by atoms with E-state index in [1.165, 1.54) is 38.4 Å². The van der Waals surface area contributed by atoms with Crippen LogP contribution in [0.4, 0.5) is 20.2 Å². The Morgan fingerprint density at radius 2 is 1.75 bits per heavy atom. The summed E-state index contributed by atoms with van der Waals surface area (Å²) in [5.74, 6) is -2.16. The summed E-state index contributed by atoms with van der Waals surface area (Å²) in [4.78, 5) is 44.6. The minimum atomic E-state index is -3.84. The van der Waals surface area contributed by atoms with Gasteiger partial charge in [0.05, 0.1) is 46.4 Å². The third-order valence-electron chi connectivity index (χ3n) is 12.6. The van der Waals surface area contributed by atoms with Crippen LogP contribution in [0.2, 0.25) is 0 Å². The average Bonchev–Trinajstić information content (AvgIpc) is 3.63. The molecule has 14 nitrogen and oxygen atoms in total. The van der Waals surface area contributed by atoms with E-state index in [0.29, 0.717) is 42.3 Å². The first kappa shape index (κ1) is 41.3. The van der Waals surface area contributed by atoms with Gasteiger partial charge in [-0.3, -0.25) is 29.0 Å². The van der Waals surface area contributed by atoms with Crippen molar-refractivity contribution >= 4 is 44.1 Å². The summed E-state index contributed by atoms with van der Waals surface area (Å²) in [6.45, 7) is 5.00. The fourth-order valence-electron chi connectivity index (χ4n) is 9.06. The highest BCUT2D eigenvalue weighted by Gasteiger charge is 2.45. The third kappa shape index (κ3) is 8.32. The molecule has 316 valence electrons. The maximum Gasteiger partial charge on any atom is 0.261 e. The quantitative estimate of drug-likeness (QED) is 0.154. The number of sulfonamides is 1. The van der Waals surface area contributed by atoms with Crippen LogP contribution in [-0.2, 0) is 24.3 Å². The van der Waals surface area contributed by atoms with Crippen molar-refractivity contribution in [2.75, 3.05) is 29.7 Å². The van der Waals surface area contributed by atoms with Crippen molar-refractivity contribution in [3.63, 3.8) is 0 Å². The monoisotopic (exact) mass is 843 g/mol. The van der Waals surface area contributed by atoms with Crippen LogP contribution in [0.3, 0.4) is 0 Å². The van der Waals surface area contributed by atoms with Crippen molar-refractivity contribution in [1.29, 1.82) is 5.26 Å². The zero-order valence-corrected chi connectivity index (χ0v) is 34.2. The zero-order chi connectivity index (χ0) is 42.3. The number of nitrogens with zero attached hydrogens (tertiary/aromatic N) is 4. The van der Waals surface area contributed by atoms with Gasteiger partial charge < -0.3 is 19.7 Å². The molecule has 1 saturated carbocycles. The molecule has 2 amide bonds. The Morgan fingerprint density at radius 3 is 2.45 bits per heavy atom. The summed E-state index contributed by atoms with van der Waals surface area (Å²) < 4.78 is 71.6. The second-order valence-corrected chi connectivity index (χ2v) is 18.9. The number of imide groups is 1. The first-order chi connectivity index (χ1) is 28.7. The first-order valence-electron chi connectivity index (χ1n) is 20.4. The van der Waals surface area contributed by atoms with Crippen molar-refractivity contribution in [3.8, 4) is 17.6 Å². The van der Waals surface area contributed by atoms with E-state index in [0.717, 1.165) is 63.7 Å². The lowest BCUT2D eigenvalue weighted by Crippen LogP contribution is -2.49. The van der Waals surface area contributed by atoms with Crippen LogP contribution in [0, 0.1) is 23.0 Å². The van der Waals surface area contributed by atoms with Crippen LogP contribution in [0.5, 0.6) is 11.5 Å². The summed E-state index contributed by atoms with van der Waals surface area (Å²) in [7, 11) is -3.84. The summed E-state index contributed by atoms with van der Waals surface area (Å²) in [6.07, 6.45) is 8.04. The molecule has 0 bridgehead atoms. The van der Waals surface area contributed by atoms with Gasteiger partial charge in [-0.25, -0.2) is 22.2 Å². The predicted octanol–water partition coefficient (Wildman–Crippen LogP) is 6.23. The molecule has 60 heavy (non-hydrogen) atoms. The second kappa shape index (κ2) is 16.5. The highest BCUT2D eigenvalue weighted by Crippen LogP contribution is 2.43. The molecule has 3 saturated heterocycles. The van der Waals surface area contributed by atoms with Crippen molar-refractivity contribution in [1.82, 2.24) is 19.8 Å². The van der Waals surface area contributed by atoms with Gasteiger partial charge in [-0.15, -0.1) is 0 Å². The Labute approximate surface area is 346 Å². The minimum absolute atomic E-state index is 0.0707. The smallest absolute Gasteiger partial charge is 0.261 e. The maximum absolute atomic E-state index is 15.3. The third-order valence-corrected chi connectivity index (χ3v) is 14.3. The summed E-state index contributed by atoms with van der Waals surface area (Å²) >= 11 is 0. The van der Waals surface area contributed by atoms with Crippen LogP contribution < -0.4 is 25.7 Å². The number of hydrogen-bond donors (Lipinski definition) is 3. The number of carbonyl (C=O) groups is 2. The molecule has 4 heterocycles. The Morgan fingerprint density at radius 1 is 0.983 bits per heavy atom. The van der Waals surface area contributed by atoms with Gasteiger partial charge in [-0.05, 0) is 119 Å². The number of aromatic nitrogens is 2. The molecule has 0 radical (unpaired) electrons. The lowest BCUT2D eigenvalue weighted by Gasteiger charge is -2.44. The maximum atomic E-state index is 15.3. The number of rotatable bonds is 10. The van der Waals surface area contributed by atoms with E-state index in [-0.39, 0.29) is 63.7 Å². The second-order valence-electron chi connectivity index (χ2n) is 16.6. The molecule has 3 aromatic carbocycles. The SMILES string of the molecule is CC(C)S(=O)(=O)Nc1ccc(F)c(Oc2ccc3ncn(C4COC5(CCN(C6CCC(c7ccc(NC8CCC(=O)NC8=O)cc7F)CC6)CC5)C4)c(=O)c3c2)c1C#N. The largest absolute Gasteiger partial charge is 0.453 e. The molecule has 1 aromatic heterocycles. The highest BCUT2D eigenvalue weighted by atomic mass is 32.2. The lowest BCUT2D eigenvalue weighted by molar-refractivity contribution is -0.133. The van der Waals surface area contributed by atoms with Gasteiger partial charge in [0, 0.05) is 31.2 Å². The number of hydrogen-bond acceptors (Lipinski definition) is 11. The highest BCUT2D eigenvalue weighted by molar-refractivity contribution is 7.93. The number of nitrogens with one attached hydrogen (secondary N) is 3. The van der Waals surface area contributed by atoms with Gasteiger partial charge in [0.25, 0.3) is 5.56 Å². The van der Waals surface area contributed by atoms with E-state index in [1.54, 1.807) is 10.6 Å². The number of carbonyl (C=O) groups excluding carboxylic acids is 2. The Balaban J connectivity index is 0.877. The van der Waals surface area contributed by atoms with Crippen molar-refractivity contribution < 1.29 is 36.3 Å². The fraction of sp³-hybridized carbons (Fsp3) is 0.465. The molecule has 8 rings (SSSR count). The minimum Gasteiger partial charge on any atom is -0.453 e. The molecule has 3 N–H and O–H groups in total. The van der Waals surface area contributed by atoms with E-state index in [9.17, 15) is 28.1 Å². The van der Waals surface area contributed by atoms with Crippen LogP contribution in [-0.4, -0.2) is 77.3 Å². The van der Waals surface area contributed by atoms with Gasteiger partial charge >= 0.3 is 0 Å². The number of benzene rings is 3. The van der Waals surface area contributed by atoms with Crippen LogP contribution in [0.1, 0.15) is 94.7 Å². The average molecular weight is 844 g/mol. The fourth-order valence-corrected chi connectivity index (χ4v) is 9.77. The zero-order valence-electron chi connectivity index (χ0n) is 33.4. The van der Waals surface area contributed by atoms with Gasteiger partial charge in [0.2, 0.25) is 21.8 Å². The number of ether oxygens (including phenoxy) is 2. The number of anilines is 2. The van der Waals surface area contributed by atoms with Crippen molar-refractivity contribution in [2.45, 2.75) is 107 Å². The molecule has 4 fully saturated rings. The van der Waals surface area contributed by atoms with Crippen LogP contribution in [0.25, 0.3) is 10.9 Å². The van der Waals surface area contributed by atoms with Crippen molar-refractivity contribution in [2.24, 2.45) is 0 Å². The van der Waals surface area contributed by atoms with E-state index < -0.39 is 38.8 Å². The van der Waals surface area contributed by atoms with E-state index in [1.807, 2.05) is 18.2 Å². The molecule has 1 spiro atoms. The number of piperidine rings is 2. The predicted molar refractivity (Wildman–Crippen MR) is 219 cm³/mol. The Bertz CT molecular complexity index is 2540. The summed E-state index contributed by atoms with van der Waals surface area (Å²) in [5.41, 5.74) is 0.452. The summed E-state index contributed by atoms with van der Waals surface area (Å²) in [6, 6.07) is 13.1. The van der Waals surface area contributed by atoms with Gasteiger partial charge in [-0.2, -0.15) is 5.26 Å². The van der Waals surface area contributed by atoms with Gasteiger partial charge in [0.15, 0.2) is 11.6 Å². The molecular formula is C43H47F2N7O7S. The molecule has 2 atom stereocenters. The Hall–Kier alpha value is -5.44. The molecule has 17 heteroatoms. The molecule has 4 aliphatic rings. The summed E-state index contributed by atoms with van der Waals surface area (Å²) in [5, 5.41) is 14.7. The van der Waals surface area contributed by atoms with Gasteiger partial charge in [0.1, 0.15) is 29.2 Å². The number of nitriles is 1. The topological polar surface area (TPSA) is 185 Å². The van der Waals surface area contributed by atoms with Crippen LogP contribution >= 0.6 is 0 Å². The number of likely N-dealkylation sites (tertiary alicyclic amines) is 1. The molecular weight excluding hydrogens is 797 g/mol. The first-order valence-corrected chi connectivity index (χ1v) is 22.0. The molecule has 1 aliphatic carbocycles. The van der Waals surface area contributed by atoms with Crippen molar-refractivity contribution in [3.05, 3.63) is 88.0 Å². The number of halogens is 2. The lowest BCUT2D eigenvalue weighted by atomic mass is 9.79. The van der Waals surface area contributed by atoms with E-state index in [2.05, 4.69) is 25.2 Å². The van der Waals surface area contributed by atoms with Gasteiger partial charge in [-0.1, -0.05) is 6.07 Å². The van der Waals surface area contributed by atoms with Crippen LogP contribution in [0.15, 0.2) is 59.7 Å². The standard InChI is InChI=1S/C43H47F2N7O7S/c1-25(2)60(56,57)50-37-12-10-34(44)40(33(37)22-46)59-30-8-11-36-32(20-30)42(55)52(24-47-36)29-21-43(58-23-29)15-17-51(18-16-43)28-6-3-26(4-7-28)31-9-5-27(19-35(31)45)48-38-13-14-39(53)49-41(38)54/h5,8-12,19-20,24-26,28-29,38,48,50H,3-4,6-7,13-18,21,23H2,1-2H3,(H,49,53,54). The van der Waals surface area contributed by atoms with E-state index in [4.69, 9.17) is 9.47 Å². The number of amides is 2. The molecule has 3 aliphatic heterocycles. The normalized spacial score (nSPS) is 23.4. The van der Waals surface area contributed by atoms with E-state index >= 15 is 8.78 Å². The molecule has 2 unspecified atom stereocenters. The number of fused-ring (bicyclic) bond motifs is 1.